The molecule has 0 aliphatic rings. The van der Waals surface area contributed by atoms with Crippen molar-refractivity contribution in [2.24, 2.45) is 10.7 Å². The summed E-state index contributed by atoms with van der Waals surface area (Å²) < 4.78 is 35.8. The SMILES string of the molecule is CC=N/C(SCCCN)=C(Cl)\C=C\C(F)(F)F. The summed E-state index contributed by atoms with van der Waals surface area (Å²) in [6, 6.07) is 0. The minimum Gasteiger partial charge on any atom is -0.330 e. The number of hydrogen-bond donors (Lipinski definition) is 1. The number of allylic oxidation sites excluding steroid dienone is 3. The minimum atomic E-state index is -4.37. The van der Waals surface area contributed by atoms with Gasteiger partial charge in [-0.2, -0.15) is 13.2 Å². The normalized spacial score (nSPS) is 14.7. The van der Waals surface area contributed by atoms with Crippen molar-refractivity contribution in [3.8, 4) is 0 Å². The van der Waals surface area contributed by atoms with E-state index in [0.717, 1.165) is 12.5 Å². The fourth-order valence-corrected chi connectivity index (χ4v) is 1.94. The Morgan fingerprint density at radius 3 is 2.59 bits per heavy atom. The Morgan fingerprint density at radius 1 is 1.47 bits per heavy atom. The van der Waals surface area contributed by atoms with Gasteiger partial charge in [0.15, 0.2) is 0 Å². The Morgan fingerprint density at radius 2 is 2.12 bits per heavy atom. The van der Waals surface area contributed by atoms with Gasteiger partial charge in [0, 0.05) is 18.0 Å². The van der Waals surface area contributed by atoms with Crippen molar-refractivity contribution in [1.29, 1.82) is 0 Å². The van der Waals surface area contributed by atoms with E-state index in [0.29, 0.717) is 17.3 Å². The summed E-state index contributed by atoms with van der Waals surface area (Å²) in [7, 11) is 0. The maximum atomic E-state index is 11.9. The van der Waals surface area contributed by atoms with E-state index in [1.165, 1.54) is 18.0 Å². The van der Waals surface area contributed by atoms with Gasteiger partial charge in [0.25, 0.3) is 0 Å². The van der Waals surface area contributed by atoms with Crippen LogP contribution in [0.15, 0.2) is 27.2 Å². The Kier molecular flexibility index (Phi) is 8.37. The number of alkyl halides is 3. The van der Waals surface area contributed by atoms with Crippen molar-refractivity contribution in [3.05, 3.63) is 22.2 Å². The number of nitrogens with zero attached hydrogens (tertiary/aromatic N) is 1. The van der Waals surface area contributed by atoms with Crippen LogP contribution < -0.4 is 5.73 Å². The highest BCUT2D eigenvalue weighted by atomic mass is 35.5. The van der Waals surface area contributed by atoms with Crippen LogP contribution in [0.2, 0.25) is 0 Å². The maximum absolute atomic E-state index is 11.9. The second kappa shape index (κ2) is 8.60. The third-order valence-corrected chi connectivity index (χ3v) is 2.97. The van der Waals surface area contributed by atoms with Gasteiger partial charge in [-0.1, -0.05) is 11.6 Å². The first-order chi connectivity index (χ1) is 7.90. The molecule has 0 saturated carbocycles. The van der Waals surface area contributed by atoms with Crippen molar-refractivity contribution in [3.63, 3.8) is 0 Å². The van der Waals surface area contributed by atoms with Crippen LogP contribution in [0.1, 0.15) is 13.3 Å². The summed E-state index contributed by atoms with van der Waals surface area (Å²) in [5, 5.41) is 0.338. The summed E-state index contributed by atoms with van der Waals surface area (Å²) in [5.41, 5.74) is 5.32. The summed E-state index contributed by atoms with van der Waals surface area (Å²) in [6.07, 6.45) is -1.25. The van der Waals surface area contributed by atoms with Gasteiger partial charge in [0.2, 0.25) is 0 Å². The van der Waals surface area contributed by atoms with E-state index in [9.17, 15) is 13.2 Å². The molecule has 17 heavy (non-hydrogen) atoms. The van der Waals surface area contributed by atoms with Crippen molar-refractivity contribution < 1.29 is 13.2 Å². The van der Waals surface area contributed by atoms with Gasteiger partial charge >= 0.3 is 6.18 Å². The lowest BCUT2D eigenvalue weighted by atomic mass is 10.4. The first kappa shape index (κ1) is 16.5. The van der Waals surface area contributed by atoms with E-state index in [1.807, 2.05) is 0 Å². The zero-order valence-electron chi connectivity index (χ0n) is 9.30. The smallest absolute Gasteiger partial charge is 0.330 e. The average Bonchev–Trinajstić information content (AvgIpc) is 2.24. The zero-order valence-corrected chi connectivity index (χ0v) is 10.9. The van der Waals surface area contributed by atoms with Gasteiger partial charge in [0.1, 0.15) is 5.03 Å². The van der Waals surface area contributed by atoms with Crippen LogP contribution in [0.5, 0.6) is 0 Å². The second-order valence-corrected chi connectivity index (χ2v) is 4.40. The van der Waals surface area contributed by atoms with Crippen LogP contribution in [0.4, 0.5) is 13.2 Å². The van der Waals surface area contributed by atoms with Crippen molar-refractivity contribution in [2.75, 3.05) is 12.3 Å². The number of nitrogens with two attached hydrogens (primary N) is 1. The van der Waals surface area contributed by atoms with Crippen LogP contribution in [-0.2, 0) is 0 Å². The van der Waals surface area contributed by atoms with Crippen LogP contribution in [-0.4, -0.2) is 24.7 Å². The quantitative estimate of drug-likeness (QED) is 0.459. The molecule has 0 aromatic heterocycles. The first-order valence-electron chi connectivity index (χ1n) is 4.88. The predicted octanol–water partition coefficient (Wildman–Crippen LogP) is 3.69. The number of hydrogen-bond acceptors (Lipinski definition) is 3. The van der Waals surface area contributed by atoms with E-state index < -0.39 is 6.18 Å². The average molecular weight is 287 g/mol. The number of aliphatic imine (C=N–C) groups is 1. The molecule has 0 unspecified atom stereocenters. The van der Waals surface area contributed by atoms with Crippen LogP contribution in [0, 0.1) is 0 Å². The fraction of sp³-hybridized carbons (Fsp3) is 0.500. The molecular weight excluding hydrogens is 273 g/mol. The number of halogens is 4. The van der Waals surface area contributed by atoms with Crippen molar-refractivity contribution >= 4 is 29.6 Å². The number of thioether (sulfide) groups is 1. The third-order valence-electron chi connectivity index (χ3n) is 1.46. The monoisotopic (exact) mass is 286 g/mol. The molecule has 98 valence electrons. The molecule has 0 radical (unpaired) electrons. The molecule has 2 nitrogen and oxygen atoms in total. The highest BCUT2D eigenvalue weighted by molar-refractivity contribution is 8.03. The summed E-state index contributed by atoms with van der Waals surface area (Å²) in [5.74, 6) is 0.666. The van der Waals surface area contributed by atoms with Crippen LogP contribution >= 0.6 is 23.4 Å². The molecule has 0 aromatic carbocycles. The summed E-state index contributed by atoms with van der Waals surface area (Å²) in [4.78, 5) is 3.92. The molecule has 2 N–H and O–H groups in total. The fourth-order valence-electron chi connectivity index (χ4n) is 0.776. The topological polar surface area (TPSA) is 38.4 Å². The Bertz CT molecular complexity index is 311. The largest absolute Gasteiger partial charge is 0.409 e. The Labute approximate surface area is 108 Å². The van der Waals surface area contributed by atoms with E-state index >= 15 is 0 Å². The summed E-state index contributed by atoms with van der Waals surface area (Å²) >= 11 is 7.02. The van der Waals surface area contributed by atoms with Gasteiger partial charge in [-0.15, -0.1) is 11.8 Å². The maximum Gasteiger partial charge on any atom is 0.409 e. The molecule has 0 spiro atoms. The van der Waals surface area contributed by atoms with Gasteiger partial charge < -0.3 is 5.73 Å². The van der Waals surface area contributed by atoms with Gasteiger partial charge in [-0.3, -0.25) is 4.99 Å². The molecule has 0 fully saturated rings. The molecule has 0 amide bonds. The van der Waals surface area contributed by atoms with Gasteiger partial charge in [-0.25, -0.2) is 0 Å². The third kappa shape index (κ3) is 9.26. The van der Waals surface area contributed by atoms with Crippen LogP contribution in [0.3, 0.4) is 0 Å². The number of rotatable bonds is 6. The first-order valence-corrected chi connectivity index (χ1v) is 6.24. The van der Waals surface area contributed by atoms with E-state index in [4.69, 9.17) is 17.3 Å². The lowest BCUT2D eigenvalue weighted by molar-refractivity contribution is -0.0798. The molecule has 0 aromatic rings. The molecule has 0 atom stereocenters. The van der Waals surface area contributed by atoms with Crippen molar-refractivity contribution in [1.82, 2.24) is 0 Å². The molecule has 0 aliphatic heterocycles. The molecule has 0 rings (SSSR count). The van der Waals surface area contributed by atoms with E-state index in [1.54, 1.807) is 6.92 Å². The summed E-state index contributed by atoms with van der Waals surface area (Å²) in [6.45, 7) is 2.19. The zero-order chi connectivity index (χ0) is 13.3. The second-order valence-electron chi connectivity index (χ2n) is 2.91. The standard InChI is InChI=1S/C10H14ClF3N2S/c1-2-16-9(17-7-3-6-15)8(11)4-5-10(12,13)14/h2,4-5H,3,6-7,15H2,1H3/b5-4+,9-8-,16-2?. The Hall–Kier alpha value is -0.460. The minimum absolute atomic E-state index is 0.0255. The highest BCUT2D eigenvalue weighted by Gasteiger charge is 2.22. The lowest BCUT2D eigenvalue weighted by Gasteiger charge is -2.03. The molecule has 7 heteroatoms. The predicted molar refractivity (Wildman–Crippen MR) is 68.4 cm³/mol. The van der Waals surface area contributed by atoms with E-state index in [-0.39, 0.29) is 11.1 Å². The van der Waals surface area contributed by atoms with Gasteiger partial charge in [0.05, 0.1) is 5.03 Å². The highest BCUT2D eigenvalue weighted by Crippen LogP contribution is 2.26. The molecule has 0 bridgehead atoms. The van der Waals surface area contributed by atoms with E-state index in [2.05, 4.69) is 4.99 Å². The molecule has 0 aliphatic carbocycles. The van der Waals surface area contributed by atoms with Gasteiger partial charge in [-0.05, 0) is 26.0 Å². The molecular formula is C10H14ClF3N2S. The Balaban J connectivity index is 4.68. The lowest BCUT2D eigenvalue weighted by Crippen LogP contribution is -2.01. The van der Waals surface area contributed by atoms with Crippen LogP contribution in [0.25, 0.3) is 0 Å². The molecule has 0 heterocycles. The van der Waals surface area contributed by atoms with Crippen molar-refractivity contribution in [2.45, 2.75) is 19.5 Å². The molecule has 0 saturated heterocycles.